The van der Waals surface area contributed by atoms with Crippen LogP contribution in [0, 0.1) is 6.92 Å². The fraction of sp³-hybridized carbons (Fsp3) is 0.625. The summed E-state index contributed by atoms with van der Waals surface area (Å²) in [6.45, 7) is 8.67. The van der Waals surface area contributed by atoms with Gasteiger partial charge in [0.15, 0.2) is 6.29 Å². The van der Waals surface area contributed by atoms with Gasteiger partial charge >= 0.3 is 0 Å². The van der Waals surface area contributed by atoms with Crippen molar-refractivity contribution >= 4 is 0 Å². The standard InChI is InChI=1S/C16H26O4/c1-5-16(17)19-10-13(3)18-11-14(4)20-15-8-6-12(2)7-9-15/h6-9,13-14,16-17H,5,10-11H2,1-4H3. The van der Waals surface area contributed by atoms with Gasteiger partial charge in [-0.25, -0.2) is 0 Å². The van der Waals surface area contributed by atoms with Crippen LogP contribution in [0.3, 0.4) is 0 Å². The van der Waals surface area contributed by atoms with Gasteiger partial charge in [-0.1, -0.05) is 24.6 Å². The Kier molecular flexibility index (Phi) is 7.59. The van der Waals surface area contributed by atoms with Crippen molar-refractivity contribution in [2.24, 2.45) is 0 Å². The van der Waals surface area contributed by atoms with Crippen molar-refractivity contribution in [2.45, 2.75) is 52.6 Å². The smallest absolute Gasteiger partial charge is 0.154 e. The minimum atomic E-state index is -0.706. The Morgan fingerprint density at radius 2 is 1.60 bits per heavy atom. The molecule has 0 bridgehead atoms. The Bertz CT molecular complexity index is 363. The minimum Gasteiger partial charge on any atom is -0.488 e. The van der Waals surface area contributed by atoms with Crippen LogP contribution in [0.15, 0.2) is 24.3 Å². The van der Waals surface area contributed by atoms with Crippen molar-refractivity contribution in [3.8, 4) is 5.75 Å². The summed E-state index contributed by atoms with van der Waals surface area (Å²) in [4.78, 5) is 0. The molecule has 1 N–H and O–H groups in total. The maximum Gasteiger partial charge on any atom is 0.154 e. The number of ether oxygens (including phenoxy) is 3. The second-order valence-electron chi connectivity index (χ2n) is 5.08. The molecule has 4 heteroatoms. The molecule has 0 spiro atoms. The van der Waals surface area contributed by atoms with Crippen LogP contribution in [0.1, 0.15) is 32.8 Å². The maximum absolute atomic E-state index is 9.30. The third-order valence-electron chi connectivity index (χ3n) is 2.85. The van der Waals surface area contributed by atoms with Crippen LogP contribution >= 0.6 is 0 Å². The number of benzene rings is 1. The molecule has 0 heterocycles. The molecule has 0 aromatic heterocycles. The molecule has 20 heavy (non-hydrogen) atoms. The van der Waals surface area contributed by atoms with Crippen molar-refractivity contribution in [1.82, 2.24) is 0 Å². The van der Waals surface area contributed by atoms with E-state index in [9.17, 15) is 5.11 Å². The number of aryl methyl sites for hydroxylation is 1. The van der Waals surface area contributed by atoms with Gasteiger partial charge in [0, 0.05) is 0 Å². The van der Waals surface area contributed by atoms with Crippen LogP contribution in [0.4, 0.5) is 0 Å². The number of aliphatic hydroxyl groups excluding tert-OH is 1. The summed E-state index contributed by atoms with van der Waals surface area (Å²) in [5.74, 6) is 0.844. The fourth-order valence-electron chi connectivity index (χ4n) is 1.60. The fourth-order valence-corrected chi connectivity index (χ4v) is 1.60. The zero-order chi connectivity index (χ0) is 15.0. The van der Waals surface area contributed by atoms with Crippen LogP contribution in [0.5, 0.6) is 5.75 Å². The van der Waals surface area contributed by atoms with Gasteiger partial charge in [-0.3, -0.25) is 0 Å². The molecule has 0 fully saturated rings. The van der Waals surface area contributed by atoms with Gasteiger partial charge in [-0.15, -0.1) is 0 Å². The van der Waals surface area contributed by atoms with Crippen molar-refractivity contribution in [2.75, 3.05) is 13.2 Å². The van der Waals surface area contributed by atoms with E-state index in [-0.39, 0.29) is 12.2 Å². The number of rotatable bonds is 9. The number of hydrogen-bond donors (Lipinski definition) is 1. The SMILES string of the molecule is CCC(O)OCC(C)OCC(C)Oc1ccc(C)cc1. The van der Waals surface area contributed by atoms with E-state index >= 15 is 0 Å². The van der Waals surface area contributed by atoms with Crippen LogP contribution in [-0.2, 0) is 9.47 Å². The minimum absolute atomic E-state index is 0.0312. The maximum atomic E-state index is 9.30. The first-order chi connectivity index (χ1) is 9.51. The van der Waals surface area contributed by atoms with Crippen LogP contribution in [-0.4, -0.2) is 36.8 Å². The average Bonchev–Trinajstić information content (AvgIpc) is 2.45. The quantitative estimate of drug-likeness (QED) is 0.707. The Labute approximate surface area is 121 Å². The third kappa shape index (κ3) is 6.89. The molecule has 3 atom stereocenters. The van der Waals surface area contributed by atoms with Crippen molar-refractivity contribution in [1.29, 1.82) is 0 Å². The Hall–Kier alpha value is -1.10. The van der Waals surface area contributed by atoms with Gasteiger partial charge in [0.05, 0.1) is 19.3 Å². The molecule has 4 nitrogen and oxygen atoms in total. The summed E-state index contributed by atoms with van der Waals surface area (Å²) in [6, 6.07) is 7.95. The molecule has 0 saturated heterocycles. The summed E-state index contributed by atoms with van der Waals surface area (Å²) >= 11 is 0. The van der Waals surface area contributed by atoms with E-state index in [4.69, 9.17) is 14.2 Å². The lowest BCUT2D eigenvalue weighted by molar-refractivity contribution is -0.132. The average molecular weight is 282 g/mol. The van der Waals surface area contributed by atoms with E-state index in [0.29, 0.717) is 19.6 Å². The molecule has 1 rings (SSSR count). The number of hydrogen-bond acceptors (Lipinski definition) is 4. The summed E-state index contributed by atoms with van der Waals surface area (Å²) < 4.78 is 16.6. The summed E-state index contributed by atoms with van der Waals surface area (Å²) in [5.41, 5.74) is 1.21. The lowest BCUT2D eigenvalue weighted by Crippen LogP contribution is -2.26. The first kappa shape index (κ1) is 17.0. The molecule has 1 aromatic rings. The van der Waals surface area contributed by atoms with E-state index in [1.807, 2.05) is 52.0 Å². The lowest BCUT2D eigenvalue weighted by atomic mass is 10.2. The van der Waals surface area contributed by atoms with E-state index in [2.05, 4.69) is 0 Å². The summed E-state index contributed by atoms with van der Waals surface area (Å²) in [7, 11) is 0. The summed E-state index contributed by atoms with van der Waals surface area (Å²) in [5, 5.41) is 9.30. The van der Waals surface area contributed by atoms with Gasteiger partial charge in [0.2, 0.25) is 0 Å². The first-order valence-electron chi connectivity index (χ1n) is 7.15. The van der Waals surface area contributed by atoms with E-state index < -0.39 is 6.29 Å². The van der Waals surface area contributed by atoms with Gasteiger partial charge in [-0.05, 0) is 39.3 Å². The highest BCUT2D eigenvalue weighted by Crippen LogP contribution is 2.13. The largest absolute Gasteiger partial charge is 0.488 e. The third-order valence-corrected chi connectivity index (χ3v) is 2.85. The summed E-state index contributed by atoms with van der Waals surface area (Å²) in [6.07, 6.45) is -0.224. The Morgan fingerprint density at radius 3 is 2.20 bits per heavy atom. The molecule has 0 aliphatic heterocycles. The highest BCUT2D eigenvalue weighted by atomic mass is 16.6. The molecule has 3 unspecified atom stereocenters. The normalized spacial score (nSPS) is 15.7. The van der Waals surface area contributed by atoms with Crippen molar-refractivity contribution in [3.63, 3.8) is 0 Å². The molecule has 1 aromatic carbocycles. The van der Waals surface area contributed by atoms with Gasteiger partial charge in [0.25, 0.3) is 0 Å². The highest BCUT2D eigenvalue weighted by Gasteiger charge is 2.10. The van der Waals surface area contributed by atoms with E-state index in [0.717, 1.165) is 5.75 Å². The van der Waals surface area contributed by atoms with Crippen LogP contribution in [0.25, 0.3) is 0 Å². The van der Waals surface area contributed by atoms with Crippen molar-refractivity contribution < 1.29 is 19.3 Å². The second-order valence-corrected chi connectivity index (χ2v) is 5.08. The predicted octanol–water partition coefficient (Wildman–Crippen LogP) is 2.91. The zero-order valence-electron chi connectivity index (χ0n) is 12.8. The van der Waals surface area contributed by atoms with Crippen LogP contribution < -0.4 is 4.74 Å². The van der Waals surface area contributed by atoms with Gasteiger partial charge < -0.3 is 19.3 Å². The Morgan fingerprint density at radius 1 is 1.00 bits per heavy atom. The molecule has 0 aliphatic carbocycles. The molecular weight excluding hydrogens is 256 g/mol. The lowest BCUT2D eigenvalue weighted by Gasteiger charge is -2.19. The monoisotopic (exact) mass is 282 g/mol. The topological polar surface area (TPSA) is 47.9 Å². The van der Waals surface area contributed by atoms with E-state index in [1.54, 1.807) is 0 Å². The molecule has 0 saturated carbocycles. The van der Waals surface area contributed by atoms with E-state index in [1.165, 1.54) is 5.56 Å². The molecule has 0 aliphatic rings. The molecule has 0 amide bonds. The Balaban J connectivity index is 2.22. The molecular formula is C16H26O4. The molecule has 114 valence electrons. The predicted molar refractivity (Wildman–Crippen MR) is 78.9 cm³/mol. The first-order valence-corrected chi connectivity index (χ1v) is 7.15. The second kappa shape index (κ2) is 8.95. The zero-order valence-corrected chi connectivity index (χ0v) is 12.8. The highest BCUT2D eigenvalue weighted by molar-refractivity contribution is 5.26. The van der Waals surface area contributed by atoms with Crippen LogP contribution in [0.2, 0.25) is 0 Å². The van der Waals surface area contributed by atoms with Gasteiger partial charge in [-0.2, -0.15) is 0 Å². The molecule has 0 radical (unpaired) electrons. The van der Waals surface area contributed by atoms with Crippen molar-refractivity contribution in [3.05, 3.63) is 29.8 Å². The number of aliphatic hydroxyl groups is 1. The van der Waals surface area contributed by atoms with Gasteiger partial charge in [0.1, 0.15) is 11.9 Å².